The van der Waals surface area contributed by atoms with Gasteiger partial charge in [-0.25, -0.2) is 0 Å². The molecule has 0 saturated carbocycles. The molecule has 8 aromatic rings. The fraction of sp³-hybridized carbons (Fsp3) is 0. The zero-order valence-corrected chi connectivity index (χ0v) is 20.9. The van der Waals surface area contributed by atoms with E-state index in [0.29, 0.717) is 0 Å². The minimum absolute atomic E-state index is 1.24. The molecule has 0 unspecified atom stereocenters. The van der Waals surface area contributed by atoms with Gasteiger partial charge < -0.3 is 0 Å². The minimum Gasteiger partial charge on any atom is -0.0616 e. The molecule has 0 aromatic heterocycles. The predicted octanol–water partition coefficient (Wildman–Crippen LogP) is 10.8. The molecule has 8 aromatic carbocycles. The van der Waals surface area contributed by atoms with E-state index in [1.165, 1.54) is 76.1 Å². The van der Waals surface area contributed by atoms with E-state index in [2.05, 4.69) is 146 Å². The van der Waals surface area contributed by atoms with Gasteiger partial charge in [-0.1, -0.05) is 140 Å². The Morgan fingerprint density at radius 1 is 0.263 bits per heavy atom. The summed E-state index contributed by atoms with van der Waals surface area (Å²) in [5, 5.41) is 13.0. The van der Waals surface area contributed by atoms with Gasteiger partial charge in [-0.3, -0.25) is 0 Å². The third-order valence-electron chi connectivity index (χ3n) is 8.04. The lowest BCUT2D eigenvalue weighted by atomic mass is 9.87. The largest absolute Gasteiger partial charge is 0.0616 e. The fourth-order valence-corrected chi connectivity index (χ4v) is 6.31. The first-order valence-corrected chi connectivity index (χ1v) is 13.2. The van der Waals surface area contributed by atoms with Crippen molar-refractivity contribution in [1.82, 2.24) is 0 Å². The lowest BCUT2D eigenvalue weighted by Crippen LogP contribution is -1.89. The Bertz CT molecular complexity index is 2160. The Morgan fingerprint density at radius 3 is 1.39 bits per heavy atom. The Balaban J connectivity index is 1.41. The zero-order chi connectivity index (χ0) is 25.1. The van der Waals surface area contributed by atoms with E-state index in [0.717, 1.165) is 0 Å². The van der Waals surface area contributed by atoms with Gasteiger partial charge in [0.25, 0.3) is 0 Å². The van der Waals surface area contributed by atoms with Gasteiger partial charge in [-0.15, -0.1) is 0 Å². The fourth-order valence-electron chi connectivity index (χ4n) is 6.31. The van der Waals surface area contributed by atoms with Gasteiger partial charge in [0.1, 0.15) is 0 Å². The van der Waals surface area contributed by atoms with Crippen LogP contribution in [0.15, 0.2) is 146 Å². The van der Waals surface area contributed by atoms with E-state index < -0.39 is 0 Å². The Kier molecular flexibility index (Phi) is 4.62. The van der Waals surface area contributed by atoms with Crippen molar-refractivity contribution in [2.24, 2.45) is 0 Å². The first-order valence-electron chi connectivity index (χ1n) is 13.2. The average molecular weight is 481 g/mol. The van der Waals surface area contributed by atoms with E-state index in [1.54, 1.807) is 0 Å². The molecule has 0 atom stereocenters. The van der Waals surface area contributed by atoms with Gasteiger partial charge in [-0.2, -0.15) is 0 Å². The summed E-state index contributed by atoms with van der Waals surface area (Å²) in [7, 11) is 0. The van der Waals surface area contributed by atoms with Crippen molar-refractivity contribution >= 4 is 53.9 Å². The number of hydrogen-bond acceptors (Lipinski definition) is 0. The van der Waals surface area contributed by atoms with Gasteiger partial charge in [0.05, 0.1) is 0 Å². The molecular weight excluding hydrogens is 456 g/mol. The summed E-state index contributed by atoms with van der Waals surface area (Å²) in [5.41, 5.74) is 5.03. The molecule has 0 nitrogen and oxygen atoms in total. The van der Waals surface area contributed by atoms with E-state index in [-0.39, 0.29) is 0 Å². The Morgan fingerprint density at radius 2 is 0.711 bits per heavy atom. The summed E-state index contributed by atoms with van der Waals surface area (Å²) in [5.74, 6) is 0. The number of rotatable bonds is 2. The van der Waals surface area contributed by atoms with E-state index in [9.17, 15) is 0 Å². The van der Waals surface area contributed by atoms with E-state index >= 15 is 0 Å². The molecule has 0 N–H and O–H groups in total. The molecule has 0 bridgehead atoms. The summed E-state index contributed by atoms with van der Waals surface area (Å²) in [6, 6.07) is 53.3. The van der Waals surface area contributed by atoms with Gasteiger partial charge in [0.2, 0.25) is 0 Å². The molecule has 0 aliphatic rings. The third-order valence-corrected chi connectivity index (χ3v) is 8.04. The second kappa shape index (κ2) is 8.30. The molecule has 0 saturated heterocycles. The van der Waals surface area contributed by atoms with Crippen LogP contribution in [0.5, 0.6) is 0 Å². The van der Waals surface area contributed by atoms with Crippen LogP contribution < -0.4 is 0 Å². The number of hydrogen-bond donors (Lipinski definition) is 0. The normalized spacial score (nSPS) is 11.7. The molecule has 0 radical (unpaired) electrons. The minimum atomic E-state index is 1.24. The molecule has 176 valence electrons. The number of benzene rings is 8. The standard InChI is InChI=1S/C38H24/c1-2-12-28-25(10-1)11-9-19-29(28)26-20-22-27(23-21-26)36-24-37-32-15-4-3-13-30(32)31-14-5-7-17-34(31)38(37)35-18-8-6-16-33(35)36/h1-24H. The highest BCUT2D eigenvalue weighted by Gasteiger charge is 2.15. The number of fused-ring (bicyclic) bond motifs is 9. The maximum atomic E-state index is 2.42. The van der Waals surface area contributed by atoms with Crippen LogP contribution in [0.3, 0.4) is 0 Å². The first kappa shape index (κ1) is 21.2. The van der Waals surface area contributed by atoms with Crippen LogP contribution in [0.2, 0.25) is 0 Å². The molecule has 0 heteroatoms. The van der Waals surface area contributed by atoms with Crippen molar-refractivity contribution in [2.45, 2.75) is 0 Å². The SMILES string of the molecule is c1ccc2c(-c3ccc(-c4cc5c6ccccc6c6ccccc6c5c5ccccc45)cc3)cccc2c1. The van der Waals surface area contributed by atoms with Crippen molar-refractivity contribution in [2.75, 3.05) is 0 Å². The van der Waals surface area contributed by atoms with Crippen LogP contribution in [0.4, 0.5) is 0 Å². The highest BCUT2D eigenvalue weighted by atomic mass is 14.2. The maximum Gasteiger partial charge on any atom is -0.00199 e. The zero-order valence-electron chi connectivity index (χ0n) is 20.9. The Hall–Kier alpha value is -4.94. The van der Waals surface area contributed by atoms with Crippen LogP contribution in [0.1, 0.15) is 0 Å². The summed E-state index contributed by atoms with van der Waals surface area (Å²) >= 11 is 0. The molecular formula is C38H24. The lowest BCUT2D eigenvalue weighted by molar-refractivity contribution is 1.63. The molecule has 0 heterocycles. The van der Waals surface area contributed by atoms with Crippen molar-refractivity contribution in [3.05, 3.63) is 146 Å². The molecule has 38 heavy (non-hydrogen) atoms. The van der Waals surface area contributed by atoms with Gasteiger partial charge in [0.15, 0.2) is 0 Å². The molecule has 0 aliphatic carbocycles. The monoisotopic (exact) mass is 480 g/mol. The topological polar surface area (TPSA) is 0 Å². The smallest absolute Gasteiger partial charge is 0.00199 e. The first-order chi connectivity index (χ1) is 18.9. The summed E-state index contributed by atoms with van der Waals surface area (Å²) in [6.07, 6.45) is 0. The second-order valence-electron chi connectivity index (χ2n) is 10.1. The highest BCUT2D eigenvalue weighted by Crippen LogP contribution is 2.43. The van der Waals surface area contributed by atoms with Crippen molar-refractivity contribution in [3.8, 4) is 22.3 Å². The average Bonchev–Trinajstić information content (AvgIpc) is 3.00. The summed E-state index contributed by atoms with van der Waals surface area (Å²) in [4.78, 5) is 0. The molecule has 0 fully saturated rings. The van der Waals surface area contributed by atoms with Crippen LogP contribution in [-0.2, 0) is 0 Å². The lowest BCUT2D eigenvalue weighted by Gasteiger charge is -2.16. The summed E-state index contributed by atoms with van der Waals surface area (Å²) < 4.78 is 0. The van der Waals surface area contributed by atoms with Gasteiger partial charge in [0, 0.05) is 0 Å². The molecule has 0 aliphatic heterocycles. The quantitative estimate of drug-likeness (QED) is 0.216. The van der Waals surface area contributed by atoms with Crippen molar-refractivity contribution < 1.29 is 0 Å². The maximum absolute atomic E-state index is 2.42. The van der Waals surface area contributed by atoms with Crippen molar-refractivity contribution in [1.29, 1.82) is 0 Å². The van der Waals surface area contributed by atoms with Crippen LogP contribution in [0.25, 0.3) is 76.1 Å². The van der Waals surface area contributed by atoms with Crippen LogP contribution >= 0.6 is 0 Å². The van der Waals surface area contributed by atoms with E-state index in [1.807, 2.05) is 0 Å². The van der Waals surface area contributed by atoms with Crippen LogP contribution in [0, 0.1) is 0 Å². The van der Waals surface area contributed by atoms with Crippen LogP contribution in [-0.4, -0.2) is 0 Å². The predicted molar refractivity (Wildman–Crippen MR) is 165 cm³/mol. The van der Waals surface area contributed by atoms with Crippen molar-refractivity contribution in [3.63, 3.8) is 0 Å². The van der Waals surface area contributed by atoms with Gasteiger partial charge >= 0.3 is 0 Å². The van der Waals surface area contributed by atoms with E-state index in [4.69, 9.17) is 0 Å². The van der Waals surface area contributed by atoms with Gasteiger partial charge in [-0.05, 0) is 82.2 Å². The molecule has 8 rings (SSSR count). The third kappa shape index (κ3) is 3.11. The molecule has 0 amide bonds. The Labute approximate surface area is 221 Å². The second-order valence-corrected chi connectivity index (χ2v) is 10.1. The summed E-state index contributed by atoms with van der Waals surface area (Å²) in [6.45, 7) is 0. The highest BCUT2D eigenvalue weighted by molar-refractivity contribution is 6.33. The molecule has 0 spiro atoms.